The molecule has 0 bridgehead atoms. The predicted molar refractivity (Wildman–Crippen MR) is 140 cm³/mol. The minimum absolute atomic E-state index is 0.105. The van der Waals surface area contributed by atoms with Gasteiger partial charge in [0.1, 0.15) is 5.75 Å². The monoisotopic (exact) mass is 496 g/mol. The molecule has 1 aliphatic carbocycles. The zero-order chi connectivity index (χ0) is 24.8. The molecular weight excluding hydrogens is 472 g/mol. The number of thiazole rings is 1. The van der Waals surface area contributed by atoms with Crippen molar-refractivity contribution in [3.8, 4) is 17.2 Å². The highest BCUT2D eigenvalue weighted by Gasteiger charge is 2.34. The third-order valence-electron chi connectivity index (χ3n) is 6.79. The maximum atomic E-state index is 13.9. The minimum atomic E-state index is -0.364. The fourth-order valence-electron chi connectivity index (χ4n) is 5.15. The molecule has 2 aliphatic rings. The fourth-order valence-corrected chi connectivity index (χ4v) is 6.15. The zero-order valence-corrected chi connectivity index (χ0v) is 20.7. The molecule has 0 saturated carbocycles. The number of phenols is 1. The number of benzene rings is 3. The molecule has 36 heavy (non-hydrogen) atoms. The van der Waals surface area contributed by atoms with Crippen molar-refractivity contribution in [3.05, 3.63) is 114 Å². The molecule has 6 nitrogen and oxygen atoms in total. The van der Waals surface area contributed by atoms with Gasteiger partial charge in [-0.25, -0.2) is 4.99 Å². The summed E-state index contributed by atoms with van der Waals surface area (Å²) in [4.78, 5) is 19.6. The van der Waals surface area contributed by atoms with E-state index in [0.29, 0.717) is 20.8 Å². The number of aryl methyl sites for hydroxylation is 1. The van der Waals surface area contributed by atoms with Gasteiger partial charge >= 0.3 is 0 Å². The highest BCUT2D eigenvalue weighted by atomic mass is 32.1. The number of rotatable bonds is 4. The van der Waals surface area contributed by atoms with E-state index in [2.05, 4.69) is 18.2 Å². The largest absolute Gasteiger partial charge is 0.508 e. The van der Waals surface area contributed by atoms with Crippen molar-refractivity contribution in [2.45, 2.75) is 18.9 Å². The van der Waals surface area contributed by atoms with Crippen molar-refractivity contribution < 1.29 is 14.6 Å². The molecule has 1 aliphatic heterocycles. The van der Waals surface area contributed by atoms with Gasteiger partial charge in [0, 0.05) is 11.1 Å². The van der Waals surface area contributed by atoms with Crippen molar-refractivity contribution in [2.75, 3.05) is 14.2 Å². The van der Waals surface area contributed by atoms with Crippen LogP contribution in [0, 0.1) is 0 Å². The van der Waals surface area contributed by atoms with Crippen LogP contribution in [0.5, 0.6) is 17.2 Å². The molecule has 3 aromatic carbocycles. The summed E-state index contributed by atoms with van der Waals surface area (Å²) in [7, 11) is 3.24. The van der Waals surface area contributed by atoms with Gasteiger partial charge in [-0.3, -0.25) is 9.36 Å². The smallest absolute Gasteiger partial charge is 0.271 e. The molecule has 0 radical (unpaired) electrons. The Balaban J connectivity index is 1.65. The van der Waals surface area contributed by atoms with Gasteiger partial charge in [-0.2, -0.15) is 0 Å². The molecule has 0 amide bonds. The standard InChI is InChI=1S/C29H24N2O4S/c1-34-23-9-5-8-22(27(23)35-2)26-21-15-12-18-6-3-4-7-20(18)25(21)30-29-31(26)28(33)24(36-29)16-17-10-13-19(32)14-11-17/h3-11,13-14,16,26,32H,12,15H2,1-2H3/b24-16+/t26-/m1/s1. The van der Waals surface area contributed by atoms with E-state index in [1.807, 2.05) is 30.3 Å². The lowest BCUT2D eigenvalue weighted by Gasteiger charge is -2.31. The number of para-hydroxylation sites is 1. The molecule has 1 aromatic heterocycles. The van der Waals surface area contributed by atoms with Crippen molar-refractivity contribution in [3.63, 3.8) is 0 Å². The second-order valence-electron chi connectivity index (χ2n) is 8.79. The van der Waals surface area contributed by atoms with Crippen LogP contribution in [-0.2, 0) is 6.42 Å². The number of aromatic nitrogens is 1. The first-order valence-electron chi connectivity index (χ1n) is 11.7. The average molecular weight is 497 g/mol. The average Bonchev–Trinajstić information content (AvgIpc) is 3.22. The van der Waals surface area contributed by atoms with Crippen LogP contribution in [0.2, 0.25) is 0 Å². The van der Waals surface area contributed by atoms with Crippen LogP contribution < -0.4 is 24.4 Å². The molecule has 6 rings (SSSR count). The summed E-state index contributed by atoms with van der Waals surface area (Å²) in [6.07, 6.45) is 3.52. The van der Waals surface area contributed by atoms with Gasteiger partial charge in [-0.1, -0.05) is 59.9 Å². The van der Waals surface area contributed by atoms with Gasteiger partial charge in [0.15, 0.2) is 16.3 Å². The zero-order valence-electron chi connectivity index (χ0n) is 19.9. The topological polar surface area (TPSA) is 73.0 Å². The number of hydrogen-bond acceptors (Lipinski definition) is 6. The van der Waals surface area contributed by atoms with E-state index >= 15 is 0 Å². The first kappa shape index (κ1) is 22.4. The van der Waals surface area contributed by atoms with Crippen molar-refractivity contribution in [1.29, 1.82) is 0 Å². The van der Waals surface area contributed by atoms with Gasteiger partial charge in [-0.15, -0.1) is 0 Å². The lowest BCUT2D eigenvalue weighted by molar-refractivity contribution is 0.348. The summed E-state index contributed by atoms with van der Waals surface area (Å²) in [5, 5.41) is 9.64. The molecule has 7 heteroatoms. The maximum Gasteiger partial charge on any atom is 0.271 e. The van der Waals surface area contributed by atoms with Crippen molar-refractivity contribution in [2.24, 2.45) is 4.99 Å². The summed E-state index contributed by atoms with van der Waals surface area (Å²) in [5.74, 6) is 1.42. The molecule has 0 fully saturated rings. The summed E-state index contributed by atoms with van der Waals surface area (Å²) in [6.45, 7) is 0. The molecule has 0 saturated heterocycles. The van der Waals surface area contributed by atoms with Gasteiger partial charge in [0.25, 0.3) is 5.56 Å². The lowest BCUT2D eigenvalue weighted by atomic mass is 9.83. The van der Waals surface area contributed by atoms with Crippen LogP contribution in [0.4, 0.5) is 0 Å². The molecule has 1 N–H and O–H groups in total. The third-order valence-corrected chi connectivity index (χ3v) is 7.77. The van der Waals surface area contributed by atoms with Crippen LogP contribution >= 0.6 is 11.3 Å². The number of hydrogen-bond donors (Lipinski definition) is 1. The van der Waals surface area contributed by atoms with Crippen LogP contribution in [0.25, 0.3) is 11.8 Å². The summed E-state index contributed by atoms with van der Waals surface area (Å²) < 4.78 is 13.8. The SMILES string of the molecule is COc1cccc([C@H]2C3=C(N=c4s/c(=C/c5ccc(O)cc5)c(=O)n42)c2ccccc2CC3)c1OC. The number of aromatic hydroxyl groups is 1. The molecule has 2 heterocycles. The van der Waals surface area contributed by atoms with Gasteiger partial charge < -0.3 is 14.6 Å². The van der Waals surface area contributed by atoms with E-state index in [1.54, 1.807) is 43.1 Å². The molecular formula is C29H24N2O4S. The second-order valence-corrected chi connectivity index (χ2v) is 9.80. The number of ether oxygens (including phenoxy) is 2. The Morgan fingerprint density at radius 3 is 2.58 bits per heavy atom. The quantitative estimate of drug-likeness (QED) is 0.463. The first-order chi connectivity index (χ1) is 17.6. The van der Waals surface area contributed by atoms with E-state index in [-0.39, 0.29) is 17.4 Å². The highest BCUT2D eigenvalue weighted by Crippen LogP contribution is 2.45. The van der Waals surface area contributed by atoms with Crippen LogP contribution in [0.1, 0.15) is 34.7 Å². The second kappa shape index (κ2) is 8.84. The summed E-state index contributed by atoms with van der Waals surface area (Å²) in [6, 6.07) is 20.6. The number of allylic oxidation sites excluding steroid dienone is 1. The van der Waals surface area contributed by atoms with E-state index in [4.69, 9.17) is 14.5 Å². The van der Waals surface area contributed by atoms with Crippen molar-refractivity contribution in [1.82, 2.24) is 4.57 Å². The third kappa shape index (κ3) is 3.55. The Hall–Kier alpha value is -4.10. The van der Waals surface area contributed by atoms with Gasteiger partial charge in [-0.05, 0) is 53.8 Å². The Kier molecular flexibility index (Phi) is 5.49. The number of phenolic OH excluding ortho intramolecular Hbond substituents is 1. The number of methoxy groups -OCH3 is 2. The maximum absolute atomic E-state index is 13.9. The number of nitrogens with zero attached hydrogens (tertiary/aromatic N) is 2. The van der Waals surface area contributed by atoms with Crippen LogP contribution in [0.15, 0.2) is 82.1 Å². The van der Waals surface area contributed by atoms with E-state index < -0.39 is 0 Å². The number of fused-ring (bicyclic) bond motifs is 3. The lowest BCUT2D eigenvalue weighted by Crippen LogP contribution is -2.39. The fraction of sp³-hybridized carbons (Fsp3) is 0.172. The Morgan fingerprint density at radius 2 is 1.81 bits per heavy atom. The normalized spacial score (nSPS) is 16.6. The van der Waals surface area contributed by atoms with E-state index in [0.717, 1.165) is 40.8 Å². The molecule has 4 aromatic rings. The molecule has 1 atom stereocenters. The Bertz CT molecular complexity index is 1700. The minimum Gasteiger partial charge on any atom is -0.508 e. The first-order valence-corrected chi connectivity index (χ1v) is 12.5. The van der Waals surface area contributed by atoms with Crippen LogP contribution in [-0.4, -0.2) is 23.9 Å². The molecule has 0 unspecified atom stereocenters. The van der Waals surface area contributed by atoms with Gasteiger partial charge in [0.05, 0.1) is 30.5 Å². The Morgan fingerprint density at radius 1 is 1.00 bits per heavy atom. The summed E-state index contributed by atoms with van der Waals surface area (Å²) in [5.41, 5.74) is 6.01. The van der Waals surface area contributed by atoms with E-state index in [9.17, 15) is 9.90 Å². The Labute approximate surface area is 211 Å². The predicted octanol–water partition coefficient (Wildman–Crippen LogP) is 4.04. The molecule has 0 spiro atoms. The highest BCUT2D eigenvalue weighted by molar-refractivity contribution is 7.07. The molecule has 180 valence electrons. The van der Waals surface area contributed by atoms with E-state index in [1.165, 1.54) is 16.9 Å². The van der Waals surface area contributed by atoms with Crippen molar-refractivity contribution >= 4 is 23.1 Å². The van der Waals surface area contributed by atoms with Crippen LogP contribution in [0.3, 0.4) is 0 Å². The van der Waals surface area contributed by atoms with Gasteiger partial charge in [0.2, 0.25) is 0 Å². The summed E-state index contributed by atoms with van der Waals surface area (Å²) >= 11 is 1.37.